The zero-order valence-corrected chi connectivity index (χ0v) is 17.2. The molecular formula is C22H25ClN4O2. The number of fused-ring (bicyclic) bond motifs is 1. The highest BCUT2D eigenvalue weighted by molar-refractivity contribution is 6.32. The summed E-state index contributed by atoms with van der Waals surface area (Å²) in [5, 5.41) is 14.9. The van der Waals surface area contributed by atoms with Crippen molar-refractivity contribution in [2.45, 2.75) is 45.1 Å². The maximum absolute atomic E-state index is 10.1. The molecule has 1 saturated carbocycles. The molecule has 0 saturated heterocycles. The third kappa shape index (κ3) is 4.17. The summed E-state index contributed by atoms with van der Waals surface area (Å²) in [7, 11) is 0. The average Bonchev–Trinajstić information content (AvgIpc) is 2.72. The molecule has 1 fully saturated rings. The minimum atomic E-state index is -0.0474. The van der Waals surface area contributed by atoms with E-state index in [1.165, 1.54) is 19.3 Å². The Balaban J connectivity index is 1.77. The number of hydrogen-bond acceptors (Lipinski definition) is 6. The van der Waals surface area contributed by atoms with Crippen molar-refractivity contribution >= 4 is 34.3 Å². The number of nitrogen functional groups attached to an aromatic ring is 1. The minimum Gasteiger partial charge on any atom is -0.503 e. The Morgan fingerprint density at radius 3 is 2.69 bits per heavy atom. The summed E-state index contributed by atoms with van der Waals surface area (Å²) in [6.45, 7) is 2.30. The number of phenols is 1. The molecule has 0 unspecified atom stereocenters. The highest BCUT2D eigenvalue weighted by atomic mass is 35.5. The molecule has 0 atom stereocenters. The zero-order chi connectivity index (χ0) is 20.4. The molecule has 7 heteroatoms. The second-order valence-corrected chi connectivity index (χ2v) is 7.79. The van der Waals surface area contributed by atoms with Gasteiger partial charge < -0.3 is 20.9 Å². The van der Waals surface area contributed by atoms with E-state index in [-0.39, 0.29) is 16.7 Å². The van der Waals surface area contributed by atoms with Crippen molar-refractivity contribution in [1.82, 2.24) is 9.97 Å². The third-order valence-electron chi connectivity index (χ3n) is 5.32. The van der Waals surface area contributed by atoms with Crippen LogP contribution in [-0.2, 0) is 0 Å². The van der Waals surface area contributed by atoms with Crippen LogP contribution in [0, 0.1) is 0 Å². The molecule has 29 heavy (non-hydrogen) atoms. The van der Waals surface area contributed by atoms with Gasteiger partial charge in [-0.2, -0.15) is 4.98 Å². The predicted octanol–water partition coefficient (Wildman–Crippen LogP) is 5.38. The van der Waals surface area contributed by atoms with Crippen LogP contribution in [0.5, 0.6) is 11.5 Å². The molecule has 2 aromatic carbocycles. The minimum absolute atomic E-state index is 0.0474. The smallest absolute Gasteiger partial charge is 0.222 e. The van der Waals surface area contributed by atoms with Gasteiger partial charge >= 0.3 is 0 Å². The van der Waals surface area contributed by atoms with E-state index in [2.05, 4.69) is 15.3 Å². The molecule has 0 amide bonds. The van der Waals surface area contributed by atoms with Gasteiger partial charge in [0.05, 0.1) is 17.1 Å². The number of anilines is 2. The van der Waals surface area contributed by atoms with E-state index >= 15 is 0 Å². The lowest BCUT2D eigenvalue weighted by molar-refractivity contribution is 0.318. The van der Waals surface area contributed by atoms with E-state index in [9.17, 15) is 5.11 Å². The van der Waals surface area contributed by atoms with Crippen molar-refractivity contribution in [3.8, 4) is 22.6 Å². The Bertz CT molecular complexity index is 1030. The first-order valence-electron chi connectivity index (χ1n) is 10.0. The van der Waals surface area contributed by atoms with Gasteiger partial charge in [-0.25, -0.2) is 4.98 Å². The number of nitrogens with two attached hydrogens (primary N) is 1. The van der Waals surface area contributed by atoms with Crippen LogP contribution in [0.4, 0.5) is 11.8 Å². The summed E-state index contributed by atoms with van der Waals surface area (Å²) < 4.78 is 5.52. The SMILES string of the molecule is CCOc1cc(-c2ccc3nc(N)nc(NC4CCCCC4)c3c2)cc(Cl)c1O. The van der Waals surface area contributed by atoms with Gasteiger partial charge in [0.2, 0.25) is 5.95 Å². The summed E-state index contributed by atoms with van der Waals surface area (Å²) in [5.41, 5.74) is 8.51. The number of nitrogens with zero attached hydrogens (tertiary/aromatic N) is 2. The number of aromatic nitrogens is 2. The molecule has 0 bridgehead atoms. The van der Waals surface area contributed by atoms with Gasteiger partial charge in [0.15, 0.2) is 11.5 Å². The summed E-state index contributed by atoms with van der Waals surface area (Å²) in [5.74, 6) is 1.34. The van der Waals surface area contributed by atoms with Crippen LogP contribution in [0.1, 0.15) is 39.0 Å². The quantitative estimate of drug-likeness (QED) is 0.520. The van der Waals surface area contributed by atoms with Crippen LogP contribution in [0.25, 0.3) is 22.0 Å². The molecule has 0 aliphatic heterocycles. The molecule has 1 aromatic heterocycles. The first-order valence-corrected chi connectivity index (χ1v) is 10.4. The molecule has 1 heterocycles. The molecule has 1 aliphatic rings. The molecule has 0 radical (unpaired) electrons. The van der Waals surface area contributed by atoms with E-state index in [0.29, 0.717) is 18.4 Å². The van der Waals surface area contributed by atoms with Crippen molar-refractivity contribution in [2.24, 2.45) is 0 Å². The molecular weight excluding hydrogens is 388 g/mol. The number of ether oxygens (including phenoxy) is 1. The Morgan fingerprint density at radius 1 is 1.14 bits per heavy atom. The molecule has 4 rings (SSSR count). The lowest BCUT2D eigenvalue weighted by Gasteiger charge is -2.24. The van der Waals surface area contributed by atoms with Gasteiger partial charge in [-0.15, -0.1) is 0 Å². The highest BCUT2D eigenvalue weighted by Crippen LogP contribution is 2.39. The van der Waals surface area contributed by atoms with Crippen molar-refractivity contribution in [3.05, 3.63) is 35.4 Å². The van der Waals surface area contributed by atoms with Crippen molar-refractivity contribution < 1.29 is 9.84 Å². The van der Waals surface area contributed by atoms with Crippen molar-refractivity contribution in [1.29, 1.82) is 0 Å². The maximum Gasteiger partial charge on any atom is 0.222 e. The van der Waals surface area contributed by atoms with Gasteiger partial charge in [-0.3, -0.25) is 0 Å². The lowest BCUT2D eigenvalue weighted by Crippen LogP contribution is -2.23. The van der Waals surface area contributed by atoms with E-state index < -0.39 is 0 Å². The fourth-order valence-corrected chi connectivity index (χ4v) is 4.09. The summed E-state index contributed by atoms with van der Waals surface area (Å²) >= 11 is 6.22. The van der Waals surface area contributed by atoms with Crippen LogP contribution >= 0.6 is 11.6 Å². The van der Waals surface area contributed by atoms with Crippen molar-refractivity contribution in [2.75, 3.05) is 17.7 Å². The Morgan fingerprint density at radius 2 is 1.93 bits per heavy atom. The van der Waals surface area contributed by atoms with Crippen LogP contribution in [-0.4, -0.2) is 27.7 Å². The topological polar surface area (TPSA) is 93.3 Å². The summed E-state index contributed by atoms with van der Waals surface area (Å²) in [6.07, 6.45) is 6.02. The van der Waals surface area contributed by atoms with Gasteiger partial charge in [-0.1, -0.05) is 36.9 Å². The van der Waals surface area contributed by atoms with Crippen LogP contribution in [0.15, 0.2) is 30.3 Å². The molecule has 6 nitrogen and oxygen atoms in total. The number of benzene rings is 2. The highest BCUT2D eigenvalue weighted by Gasteiger charge is 2.17. The van der Waals surface area contributed by atoms with Crippen LogP contribution in [0.2, 0.25) is 5.02 Å². The largest absolute Gasteiger partial charge is 0.503 e. The van der Waals surface area contributed by atoms with E-state index in [0.717, 1.165) is 40.7 Å². The third-order valence-corrected chi connectivity index (χ3v) is 5.61. The van der Waals surface area contributed by atoms with Crippen LogP contribution in [0.3, 0.4) is 0 Å². The van der Waals surface area contributed by atoms with E-state index in [1.807, 2.05) is 25.1 Å². The number of hydrogen-bond donors (Lipinski definition) is 3. The Labute approximate surface area is 175 Å². The lowest BCUT2D eigenvalue weighted by atomic mass is 9.95. The van der Waals surface area contributed by atoms with E-state index in [4.69, 9.17) is 22.1 Å². The first kappa shape index (κ1) is 19.6. The predicted molar refractivity (Wildman–Crippen MR) is 118 cm³/mol. The number of aromatic hydroxyl groups is 1. The normalized spacial score (nSPS) is 14.8. The first-order chi connectivity index (χ1) is 14.0. The molecule has 3 aromatic rings. The molecule has 0 spiro atoms. The van der Waals surface area contributed by atoms with Gasteiger partial charge in [0.25, 0.3) is 0 Å². The summed E-state index contributed by atoms with van der Waals surface area (Å²) in [6, 6.07) is 9.83. The van der Waals surface area contributed by atoms with Crippen LogP contribution < -0.4 is 15.8 Å². The number of halogens is 1. The zero-order valence-electron chi connectivity index (χ0n) is 16.4. The second-order valence-electron chi connectivity index (χ2n) is 7.38. The monoisotopic (exact) mass is 412 g/mol. The number of nitrogens with one attached hydrogen (secondary N) is 1. The van der Waals surface area contributed by atoms with Crippen molar-refractivity contribution in [3.63, 3.8) is 0 Å². The average molecular weight is 413 g/mol. The Kier molecular flexibility index (Phi) is 5.62. The maximum atomic E-state index is 10.1. The Hall–Kier alpha value is -2.73. The standard InChI is InChI=1S/C22H25ClN4O2/c1-2-29-19-12-14(11-17(23)20(19)28)13-8-9-18-16(10-13)21(27-22(24)26-18)25-15-6-4-3-5-7-15/h8-12,15,28H,2-7H2,1H3,(H3,24,25,26,27). The van der Waals surface area contributed by atoms with Gasteiger partial charge in [0.1, 0.15) is 5.82 Å². The molecule has 1 aliphatic carbocycles. The van der Waals surface area contributed by atoms with E-state index in [1.54, 1.807) is 12.1 Å². The number of rotatable bonds is 5. The van der Waals surface area contributed by atoms with Gasteiger partial charge in [0, 0.05) is 11.4 Å². The second kappa shape index (κ2) is 8.33. The van der Waals surface area contributed by atoms with Gasteiger partial charge in [-0.05, 0) is 55.2 Å². The fraction of sp³-hybridized carbons (Fsp3) is 0.364. The molecule has 152 valence electrons. The fourth-order valence-electron chi connectivity index (χ4n) is 3.88. The number of phenolic OH excluding ortho intramolecular Hbond substituents is 1. The molecule has 4 N–H and O–H groups in total. The summed E-state index contributed by atoms with van der Waals surface area (Å²) in [4.78, 5) is 8.85.